The Morgan fingerprint density at radius 3 is 1.33 bits per heavy atom. The molecule has 0 aromatic heterocycles. The lowest BCUT2D eigenvalue weighted by Crippen LogP contribution is -1.97. The molecule has 0 saturated carbocycles. The van der Waals surface area contributed by atoms with Gasteiger partial charge in [-0.05, 0) is 70.8 Å². The molecule has 0 saturated heterocycles. The van der Waals surface area contributed by atoms with E-state index in [1.165, 1.54) is 0 Å². The molecule has 5 rings (SSSR count). The fraction of sp³-hybridized carbons (Fsp3) is 0. The van der Waals surface area contributed by atoms with Crippen molar-refractivity contribution in [3.8, 4) is 24.3 Å². The summed E-state index contributed by atoms with van der Waals surface area (Å²) in [5.41, 5.74) is 3.25. The predicted octanol–water partition coefficient (Wildman–Crippen LogP) is 7.52. The number of hydrogen-bond acceptors (Lipinski definition) is 6. The predicted molar refractivity (Wildman–Crippen MR) is 158 cm³/mol. The SMILES string of the molecule is N#CC(C#N)=C1/C(=C/C2=C/C=C\C(\C=C3/C(=O)c4ccc(Cl)cc4C3=C(C#N)C#N)=C/C=C\2)C(=O)c2ccc(Cl)cc21. The van der Waals surface area contributed by atoms with E-state index in [0.29, 0.717) is 43.4 Å². The largest absolute Gasteiger partial charge is 0.289 e. The van der Waals surface area contributed by atoms with Crippen LogP contribution < -0.4 is 0 Å². The molecule has 2 aromatic carbocycles. The number of hydrogen-bond donors (Lipinski definition) is 0. The zero-order valence-corrected chi connectivity index (χ0v) is 23.0. The number of rotatable bonds is 2. The normalized spacial score (nSPS) is 20.9. The Balaban J connectivity index is 1.54. The van der Waals surface area contributed by atoms with Crippen LogP contribution in [0.25, 0.3) is 11.1 Å². The number of halogens is 2. The number of carbonyl (C=O) groups is 2. The van der Waals surface area contributed by atoms with Crippen molar-refractivity contribution in [3.63, 3.8) is 0 Å². The zero-order valence-electron chi connectivity index (χ0n) is 21.4. The monoisotopic (exact) mass is 580 g/mol. The topological polar surface area (TPSA) is 129 Å². The van der Waals surface area contributed by atoms with Crippen LogP contribution in [0.3, 0.4) is 0 Å². The number of Topliss-reactive ketones (excluding diaryl/α,β-unsaturated/α-hetero) is 2. The van der Waals surface area contributed by atoms with Crippen LogP contribution in [0, 0.1) is 45.3 Å². The average Bonchev–Trinajstić information content (AvgIpc) is 3.38. The molecule has 0 unspecified atom stereocenters. The lowest BCUT2D eigenvalue weighted by atomic mass is 9.96. The summed E-state index contributed by atoms with van der Waals surface area (Å²) in [7, 11) is 0. The molecule has 0 heterocycles. The van der Waals surface area contributed by atoms with Gasteiger partial charge in [0.1, 0.15) is 35.4 Å². The molecule has 8 heteroatoms. The van der Waals surface area contributed by atoms with E-state index in [1.54, 1.807) is 85.0 Å². The van der Waals surface area contributed by atoms with Crippen molar-refractivity contribution in [1.82, 2.24) is 0 Å². The van der Waals surface area contributed by atoms with Gasteiger partial charge < -0.3 is 0 Å². The highest BCUT2D eigenvalue weighted by atomic mass is 35.5. The summed E-state index contributed by atoms with van der Waals surface area (Å²) in [5, 5.41) is 39.0. The van der Waals surface area contributed by atoms with Gasteiger partial charge in [0.15, 0.2) is 11.6 Å². The van der Waals surface area contributed by atoms with Crippen molar-refractivity contribution < 1.29 is 9.59 Å². The van der Waals surface area contributed by atoms with Crippen molar-refractivity contribution in [2.45, 2.75) is 0 Å². The third kappa shape index (κ3) is 4.86. The summed E-state index contributed by atoms with van der Waals surface area (Å²) in [5.74, 6) is -0.656. The van der Waals surface area contributed by atoms with Crippen LogP contribution in [-0.4, -0.2) is 11.6 Å². The third-order valence-corrected chi connectivity index (χ3v) is 7.21. The van der Waals surface area contributed by atoms with Gasteiger partial charge in [-0.3, -0.25) is 9.59 Å². The minimum atomic E-state index is -0.328. The van der Waals surface area contributed by atoms with Gasteiger partial charge in [-0.1, -0.05) is 59.7 Å². The van der Waals surface area contributed by atoms with Gasteiger partial charge in [-0.2, -0.15) is 21.0 Å². The average molecular weight is 581 g/mol. The second kappa shape index (κ2) is 11.4. The Kier molecular flexibility index (Phi) is 7.53. The maximum absolute atomic E-state index is 13.3. The van der Waals surface area contributed by atoms with Gasteiger partial charge in [-0.25, -0.2) is 0 Å². The fourth-order valence-corrected chi connectivity index (χ4v) is 5.26. The number of carbonyl (C=O) groups excluding carboxylic acids is 2. The number of benzene rings is 2. The van der Waals surface area contributed by atoms with Crippen LogP contribution in [0.5, 0.6) is 0 Å². The number of nitrogens with zero attached hydrogens (tertiary/aromatic N) is 4. The summed E-state index contributed by atoms with van der Waals surface area (Å²) in [6.07, 6.45) is 13.5. The minimum Gasteiger partial charge on any atom is -0.289 e. The molecule has 0 radical (unpaired) electrons. The molecule has 0 fully saturated rings. The summed E-state index contributed by atoms with van der Waals surface area (Å²) in [6.45, 7) is 0. The van der Waals surface area contributed by atoms with E-state index in [9.17, 15) is 30.6 Å². The second-order valence-corrected chi connectivity index (χ2v) is 10.0. The zero-order chi connectivity index (χ0) is 30.0. The highest BCUT2D eigenvalue weighted by Crippen LogP contribution is 2.42. The Morgan fingerprint density at radius 1 is 0.595 bits per heavy atom. The van der Waals surface area contributed by atoms with Gasteiger partial charge in [0.05, 0.1) is 0 Å². The van der Waals surface area contributed by atoms with Crippen LogP contribution >= 0.6 is 23.2 Å². The maximum atomic E-state index is 13.3. The molecule has 196 valence electrons. The van der Waals surface area contributed by atoms with Crippen molar-refractivity contribution in [2.24, 2.45) is 0 Å². The first-order valence-corrected chi connectivity index (χ1v) is 13.1. The van der Waals surface area contributed by atoms with Crippen LogP contribution in [0.2, 0.25) is 10.0 Å². The van der Waals surface area contributed by atoms with E-state index in [2.05, 4.69) is 0 Å². The van der Waals surface area contributed by atoms with Crippen LogP contribution in [0.1, 0.15) is 31.8 Å². The van der Waals surface area contributed by atoms with E-state index < -0.39 is 0 Å². The number of ketones is 2. The first-order valence-electron chi connectivity index (χ1n) is 12.3. The number of allylic oxidation sites excluding steroid dienone is 16. The standard InChI is InChI=1S/C34H14Cl2N4O2/c35-23-7-9-25-27(13-23)31(21(15-37)16-38)29(33(25)41)11-19-3-1-4-20(6-2-5-19)12-30-32(22(17-39)18-40)28-14-24(36)8-10-26(28)34(30)42/h1-14H/b3-1-,4-1?,5-2?,6-2-,19-3?,19-5+,20-4+,20-6?,29-11-,30-12-. The lowest BCUT2D eigenvalue weighted by Gasteiger charge is -2.05. The fourth-order valence-electron chi connectivity index (χ4n) is 4.92. The van der Waals surface area contributed by atoms with Crippen molar-refractivity contribution in [2.75, 3.05) is 0 Å². The molecule has 2 aromatic rings. The van der Waals surface area contributed by atoms with E-state index in [-0.39, 0.29) is 45.0 Å². The first-order chi connectivity index (χ1) is 20.3. The smallest absolute Gasteiger partial charge is 0.194 e. The Morgan fingerprint density at radius 2 is 0.976 bits per heavy atom. The van der Waals surface area contributed by atoms with E-state index in [1.807, 2.05) is 24.3 Å². The summed E-state index contributed by atoms with van der Waals surface area (Å²) >= 11 is 12.3. The van der Waals surface area contributed by atoms with Crippen molar-refractivity contribution in [3.05, 3.63) is 151 Å². The van der Waals surface area contributed by atoms with Gasteiger partial charge in [0.25, 0.3) is 0 Å². The van der Waals surface area contributed by atoms with Crippen LogP contribution in [0.15, 0.2) is 118 Å². The summed E-state index contributed by atoms with van der Waals surface area (Å²) < 4.78 is 0. The summed E-state index contributed by atoms with van der Waals surface area (Å²) in [4.78, 5) is 26.5. The third-order valence-electron chi connectivity index (χ3n) is 6.74. The molecular formula is C34H14Cl2N4O2. The second-order valence-electron chi connectivity index (χ2n) is 9.15. The van der Waals surface area contributed by atoms with E-state index in [4.69, 9.17) is 23.2 Å². The molecule has 6 nitrogen and oxygen atoms in total. The van der Waals surface area contributed by atoms with Crippen molar-refractivity contribution in [1.29, 1.82) is 21.0 Å². The molecular weight excluding hydrogens is 567 g/mol. The number of fused-ring (bicyclic) bond motifs is 2. The van der Waals surface area contributed by atoms with Crippen LogP contribution in [0.4, 0.5) is 0 Å². The highest BCUT2D eigenvalue weighted by molar-refractivity contribution is 6.34. The Labute approximate surface area is 250 Å². The Bertz CT molecular complexity index is 1890. The Hall–Kier alpha value is -5.76. The molecule has 0 aliphatic heterocycles. The van der Waals surface area contributed by atoms with Gasteiger partial charge in [0.2, 0.25) is 0 Å². The molecule has 0 amide bonds. The molecule has 0 atom stereocenters. The van der Waals surface area contributed by atoms with E-state index in [0.717, 1.165) is 0 Å². The molecule has 42 heavy (non-hydrogen) atoms. The molecule has 3 aliphatic carbocycles. The minimum absolute atomic E-state index is 0.197. The highest BCUT2D eigenvalue weighted by Gasteiger charge is 2.34. The molecule has 0 spiro atoms. The number of nitriles is 4. The first kappa shape index (κ1) is 27.8. The quantitative estimate of drug-likeness (QED) is 0.266. The lowest BCUT2D eigenvalue weighted by molar-refractivity contribution is 0.103. The van der Waals surface area contributed by atoms with E-state index >= 15 is 0 Å². The van der Waals surface area contributed by atoms with Gasteiger partial charge in [-0.15, -0.1) is 0 Å². The molecule has 0 N–H and O–H groups in total. The maximum Gasteiger partial charge on any atom is 0.194 e. The van der Waals surface area contributed by atoms with Crippen LogP contribution in [-0.2, 0) is 0 Å². The summed E-state index contributed by atoms with van der Waals surface area (Å²) in [6, 6.07) is 16.9. The van der Waals surface area contributed by atoms with Gasteiger partial charge in [0, 0.05) is 43.5 Å². The molecule has 0 bridgehead atoms. The van der Waals surface area contributed by atoms with Gasteiger partial charge >= 0.3 is 0 Å². The van der Waals surface area contributed by atoms with Crippen molar-refractivity contribution >= 4 is 45.9 Å². The molecule has 3 aliphatic rings.